The van der Waals surface area contributed by atoms with Crippen molar-refractivity contribution < 1.29 is 14.7 Å². The van der Waals surface area contributed by atoms with Gasteiger partial charge in [-0.05, 0) is 72.5 Å². The molecule has 2 rings (SSSR count). The fourth-order valence-electron chi connectivity index (χ4n) is 2.37. The molecule has 1 aromatic rings. The van der Waals surface area contributed by atoms with Crippen molar-refractivity contribution >= 4 is 40.3 Å². The number of aliphatic carboxylic acids is 1. The number of amides is 2. The van der Waals surface area contributed by atoms with E-state index in [4.69, 9.17) is 5.11 Å². The van der Waals surface area contributed by atoms with E-state index in [-0.39, 0.29) is 18.0 Å². The number of halogens is 1. The first kappa shape index (κ1) is 15.1. The molecular formula is C14H17IN2O3. The Morgan fingerprint density at radius 3 is 2.25 bits per heavy atom. The van der Waals surface area contributed by atoms with Gasteiger partial charge in [0.15, 0.2) is 0 Å². The Hall–Kier alpha value is -1.31. The molecule has 108 valence electrons. The number of carbonyl (C=O) groups excluding carboxylic acids is 1. The Labute approximate surface area is 131 Å². The summed E-state index contributed by atoms with van der Waals surface area (Å²) in [5.74, 6) is -0.987. The van der Waals surface area contributed by atoms with Crippen LogP contribution in [0.1, 0.15) is 25.7 Å². The van der Waals surface area contributed by atoms with Gasteiger partial charge in [0.05, 0.1) is 5.92 Å². The van der Waals surface area contributed by atoms with Crippen LogP contribution in [0.5, 0.6) is 0 Å². The summed E-state index contributed by atoms with van der Waals surface area (Å²) in [6.07, 6.45) is 2.70. The molecule has 5 nitrogen and oxygen atoms in total. The molecule has 1 aliphatic carbocycles. The minimum Gasteiger partial charge on any atom is -0.481 e. The second-order valence-electron chi connectivity index (χ2n) is 4.99. The Morgan fingerprint density at radius 1 is 1.10 bits per heavy atom. The predicted molar refractivity (Wildman–Crippen MR) is 84.7 cm³/mol. The summed E-state index contributed by atoms with van der Waals surface area (Å²) in [5, 5.41) is 14.6. The summed E-state index contributed by atoms with van der Waals surface area (Å²) in [7, 11) is 0. The Bertz CT molecular complexity index is 482. The van der Waals surface area contributed by atoms with Gasteiger partial charge in [0.25, 0.3) is 0 Å². The van der Waals surface area contributed by atoms with E-state index in [1.54, 1.807) is 0 Å². The Morgan fingerprint density at radius 2 is 1.70 bits per heavy atom. The Kier molecular flexibility index (Phi) is 5.22. The van der Waals surface area contributed by atoms with Crippen LogP contribution in [0, 0.1) is 9.49 Å². The molecule has 1 saturated carbocycles. The van der Waals surface area contributed by atoms with Gasteiger partial charge in [0.2, 0.25) is 0 Å². The summed E-state index contributed by atoms with van der Waals surface area (Å²) in [6.45, 7) is 0. The van der Waals surface area contributed by atoms with E-state index in [1.807, 2.05) is 24.3 Å². The van der Waals surface area contributed by atoms with Gasteiger partial charge in [-0.15, -0.1) is 0 Å². The van der Waals surface area contributed by atoms with Crippen LogP contribution in [0.2, 0.25) is 0 Å². The number of benzene rings is 1. The number of hydrogen-bond donors (Lipinski definition) is 3. The van der Waals surface area contributed by atoms with Gasteiger partial charge in [-0.1, -0.05) is 0 Å². The topological polar surface area (TPSA) is 78.4 Å². The predicted octanol–water partition coefficient (Wildman–Crippen LogP) is 3.06. The minimum absolute atomic E-state index is 0.0643. The summed E-state index contributed by atoms with van der Waals surface area (Å²) >= 11 is 2.21. The average molecular weight is 388 g/mol. The van der Waals surface area contributed by atoms with Gasteiger partial charge in [-0.25, -0.2) is 4.79 Å². The third-order valence-corrected chi connectivity index (χ3v) is 4.23. The SMILES string of the molecule is O=C(Nc1ccc(I)cc1)NC1CCC(C(=O)O)CC1. The van der Waals surface area contributed by atoms with Crippen LogP contribution in [0.3, 0.4) is 0 Å². The molecule has 1 fully saturated rings. The first-order valence-corrected chi connectivity index (χ1v) is 7.68. The van der Waals surface area contributed by atoms with Gasteiger partial charge in [0, 0.05) is 15.3 Å². The standard InChI is InChI=1S/C14H17IN2O3/c15-10-3-7-12(8-4-10)17-14(20)16-11-5-1-9(2-6-11)13(18)19/h3-4,7-9,11H,1-2,5-6H2,(H,18,19)(H2,16,17,20). The van der Waals surface area contributed by atoms with E-state index in [0.717, 1.165) is 22.1 Å². The van der Waals surface area contributed by atoms with Crippen molar-refractivity contribution in [3.8, 4) is 0 Å². The smallest absolute Gasteiger partial charge is 0.319 e. The van der Waals surface area contributed by atoms with Crippen LogP contribution in [-0.2, 0) is 4.79 Å². The van der Waals surface area contributed by atoms with Crippen molar-refractivity contribution in [2.45, 2.75) is 31.7 Å². The highest BCUT2D eigenvalue weighted by Crippen LogP contribution is 2.24. The first-order valence-electron chi connectivity index (χ1n) is 6.60. The fraction of sp³-hybridized carbons (Fsp3) is 0.429. The minimum atomic E-state index is -0.730. The van der Waals surface area contributed by atoms with Crippen LogP contribution in [0.25, 0.3) is 0 Å². The molecule has 0 aromatic heterocycles. The molecule has 0 bridgehead atoms. The van der Waals surface area contributed by atoms with Gasteiger partial charge < -0.3 is 15.7 Å². The number of rotatable bonds is 3. The molecule has 0 unspecified atom stereocenters. The van der Waals surface area contributed by atoms with Crippen LogP contribution in [0.15, 0.2) is 24.3 Å². The number of nitrogens with one attached hydrogen (secondary N) is 2. The molecule has 2 amide bonds. The number of anilines is 1. The van der Waals surface area contributed by atoms with Crippen LogP contribution >= 0.6 is 22.6 Å². The molecule has 1 aliphatic rings. The van der Waals surface area contributed by atoms with Crippen molar-refractivity contribution in [1.29, 1.82) is 0 Å². The van der Waals surface area contributed by atoms with E-state index >= 15 is 0 Å². The summed E-state index contributed by atoms with van der Waals surface area (Å²) in [5.41, 5.74) is 0.752. The van der Waals surface area contributed by atoms with Crippen molar-refractivity contribution in [3.63, 3.8) is 0 Å². The highest BCUT2D eigenvalue weighted by molar-refractivity contribution is 14.1. The van der Waals surface area contributed by atoms with Crippen molar-refractivity contribution in [1.82, 2.24) is 5.32 Å². The lowest BCUT2D eigenvalue weighted by atomic mass is 9.86. The highest BCUT2D eigenvalue weighted by Gasteiger charge is 2.26. The molecule has 0 radical (unpaired) electrons. The second-order valence-corrected chi connectivity index (χ2v) is 6.24. The molecule has 0 atom stereocenters. The first-order chi connectivity index (χ1) is 9.54. The number of urea groups is 1. The molecule has 0 saturated heterocycles. The number of hydrogen-bond acceptors (Lipinski definition) is 2. The molecule has 0 aliphatic heterocycles. The van der Waals surface area contributed by atoms with Crippen LogP contribution in [-0.4, -0.2) is 23.1 Å². The van der Waals surface area contributed by atoms with Gasteiger partial charge >= 0.3 is 12.0 Å². The zero-order valence-corrected chi connectivity index (χ0v) is 13.1. The monoisotopic (exact) mass is 388 g/mol. The zero-order chi connectivity index (χ0) is 14.5. The zero-order valence-electron chi connectivity index (χ0n) is 10.9. The van der Waals surface area contributed by atoms with Crippen molar-refractivity contribution in [2.24, 2.45) is 5.92 Å². The van der Waals surface area contributed by atoms with E-state index in [0.29, 0.717) is 12.8 Å². The van der Waals surface area contributed by atoms with Gasteiger partial charge in [-0.3, -0.25) is 4.79 Å². The van der Waals surface area contributed by atoms with Crippen LogP contribution < -0.4 is 10.6 Å². The average Bonchev–Trinajstić information content (AvgIpc) is 2.42. The van der Waals surface area contributed by atoms with Crippen molar-refractivity contribution in [3.05, 3.63) is 27.8 Å². The second kappa shape index (κ2) is 6.92. The highest BCUT2D eigenvalue weighted by atomic mass is 127. The third kappa shape index (κ3) is 4.36. The molecular weight excluding hydrogens is 371 g/mol. The number of carbonyl (C=O) groups is 2. The molecule has 1 aromatic carbocycles. The lowest BCUT2D eigenvalue weighted by molar-refractivity contribution is -0.142. The fourth-order valence-corrected chi connectivity index (χ4v) is 2.73. The Balaban J connectivity index is 1.78. The lowest BCUT2D eigenvalue weighted by Gasteiger charge is -2.26. The molecule has 20 heavy (non-hydrogen) atoms. The van der Waals surface area contributed by atoms with E-state index in [2.05, 4.69) is 33.2 Å². The van der Waals surface area contributed by atoms with E-state index < -0.39 is 5.97 Å². The lowest BCUT2D eigenvalue weighted by Crippen LogP contribution is -2.40. The molecule has 6 heteroatoms. The summed E-state index contributed by atoms with van der Waals surface area (Å²) < 4.78 is 1.11. The number of carboxylic acid groups (broad SMARTS) is 1. The van der Waals surface area contributed by atoms with E-state index in [1.165, 1.54) is 0 Å². The van der Waals surface area contributed by atoms with Gasteiger partial charge in [-0.2, -0.15) is 0 Å². The summed E-state index contributed by atoms with van der Waals surface area (Å²) in [6, 6.07) is 7.38. The molecule has 0 heterocycles. The van der Waals surface area contributed by atoms with E-state index in [9.17, 15) is 9.59 Å². The molecule has 3 N–H and O–H groups in total. The molecule has 0 spiro atoms. The maximum Gasteiger partial charge on any atom is 0.319 e. The maximum atomic E-state index is 11.8. The quantitative estimate of drug-likeness (QED) is 0.697. The largest absolute Gasteiger partial charge is 0.481 e. The maximum absolute atomic E-state index is 11.8. The number of carboxylic acids is 1. The van der Waals surface area contributed by atoms with Gasteiger partial charge in [0.1, 0.15) is 0 Å². The summed E-state index contributed by atoms with van der Waals surface area (Å²) in [4.78, 5) is 22.7. The van der Waals surface area contributed by atoms with Crippen molar-refractivity contribution in [2.75, 3.05) is 5.32 Å². The third-order valence-electron chi connectivity index (χ3n) is 3.51. The normalized spacial score (nSPS) is 22.1. The van der Waals surface area contributed by atoms with Crippen LogP contribution in [0.4, 0.5) is 10.5 Å².